The Morgan fingerprint density at radius 2 is 2.30 bits per heavy atom. The lowest BCUT2D eigenvalue weighted by molar-refractivity contribution is -0.384. The molecule has 0 saturated heterocycles. The lowest BCUT2D eigenvalue weighted by Gasteiger charge is -2.02. The van der Waals surface area contributed by atoms with Crippen molar-refractivity contribution in [1.29, 1.82) is 0 Å². The number of nitrogens with zero attached hydrogens (tertiary/aromatic N) is 4. The van der Waals surface area contributed by atoms with Crippen molar-refractivity contribution >= 4 is 21.6 Å². The Morgan fingerprint density at radius 3 is 2.95 bits per heavy atom. The van der Waals surface area contributed by atoms with Crippen molar-refractivity contribution in [2.24, 2.45) is 0 Å². The van der Waals surface area contributed by atoms with Gasteiger partial charge in [-0.3, -0.25) is 10.1 Å². The average Bonchev–Trinajstić information content (AvgIpc) is 3.14. The molecule has 0 spiro atoms. The lowest BCUT2D eigenvalue weighted by atomic mass is 10.3. The molecule has 1 aromatic carbocycles. The van der Waals surface area contributed by atoms with Crippen LogP contribution in [0.25, 0.3) is 5.69 Å². The van der Waals surface area contributed by atoms with Crippen molar-refractivity contribution in [3.63, 3.8) is 0 Å². The van der Waals surface area contributed by atoms with Crippen LogP contribution in [0.2, 0.25) is 0 Å². The number of non-ortho nitro benzene ring substituents is 1. The number of hydrogen-bond donors (Lipinski definition) is 1. The van der Waals surface area contributed by atoms with Gasteiger partial charge < -0.3 is 5.32 Å². The van der Waals surface area contributed by atoms with Gasteiger partial charge in [-0.15, -0.1) is 5.10 Å². The highest BCUT2D eigenvalue weighted by Crippen LogP contribution is 2.25. The summed E-state index contributed by atoms with van der Waals surface area (Å²) in [5, 5.41) is 22.2. The third-order valence-corrected chi connectivity index (χ3v) is 3.71. The maximum Gasteiger partial charge on any atom is 0.270 e. The summed E-state index contributed by atoms with van der Waals surface area (Å²) >= 11 is 3.32. The van der Waals surface area contributed by atoms with E-state index >= 15 is 0 Å². The zero-order valence-corrected chi connectivity index (χ0v) is 12.1. The second kappa shape index (κ2) is 5.29. The molecule has 2 aromatic rings. The van der Waals surface area contributed by atoms with E-state index in [9.17, 15) is 10.1 Å². The highest BCUT2D eigenvalue weighted by atomic mass is 79.9. The summed E-state index contributed by atoms with van der Waals surface area (Å²) in [6.07, 6.45) is 4.27. The van der Waals surface area contributed by atoms with Gasteiger partial charge in [-0.2, -0.15) is 0 Å². The normalized spacial score (nSPS) is 14.4. The van der Waals surface area contributed by atoms with E-state index in [0.717, 1.165) is 11.4 Å². The van der Waals surface area contributed by atoms with Crippen molar-refractivity contribution in [2.45, 2.75) is 25.4 Å². The Hall–Kier alpha value is -1.80. The molecule has 1 aliphatic carbocycles. The molecule has 1 aliphatic rings. The van der Waals surface area contributed by atoms with Crippen LogP contribution in [0.4, 0.5) is 5.69 Å². The number of halogens is 1. The molecule has 1 aromatic heterocycles. The summed E-state index contributed by atoms with van der Waals surface area (Å²) in [6, 6.07) is 5.17. The van der Waals surface area contributed by atoms with Crippen LogP contribution in [0.3, 0.4) is 0 Å². The molecule has 0 unspecified atom stereocenters. The smallest absolute Gasteiger partial charge is 0.270 e. The first-order valence-electron chi connectivity index (χ1n) is 6.22. The van der Waals surface area contributed by atoms with Gasteiger partial charge >= 0.3 is 0 Å². The Kier molecular flexibility index (Phi) is 3.49. The first kappa shape index (κ1) is 13.2. The van der Waals surface area contributed by atoms with Crippen molar-refractivity contribution in [2.75, 3.05) is 0 Å². The Morgan fingerprint density at radius 1 is 1.50 bits per heavy atom. The van der Waals surface area contributed by atoms with Crippen LogP contribution >= 0.6 is 15.9 Å². The molecule has 1 fully saturated rings. The second-order valence-corrected chi connectivity index (χ2v) is 5.56. The minimum Gasteiger partial charge on any atom is -0.308 e. The molecular formula is C12H12BrN5O2. The number of hydrogen-bond acceptors (Lipinski definition) is 5. The molecule has 3 rings (SSSR count). The van der Waals surface area contributed by atoms with E-state index in [2.05, 4.69) is 31.6 Å². The fourth-order valence-electron chi connectivity index (χ4n) is 1.83. The summed E-state index contributed by atoms with van der Waals surface area (Å²) < 4.78 is 2.22. The summed E-state index contributed by atoms with van der Waals surface area (Å²) in [7, 11) is 0. The average molecular weight is 338 g/mol. The molecule has 1 heterocycles. The van der Waals surface area contributed by atoms with Gasteiger partial charge in [-0.1, -0.05) is 5.21 Å². The fraction of sp³-hybridized carbons (Fsp3) is 0.333. The summed E-state index contributed by atoms with van der Waals surface area (Å²) in [4.78, 5) is 10.3. The van der Waals surface area contributed by atoms with Crippen molar-refractivity contribution in [1.82, 2.24) is 20.3 Å². The van der Waals surface area contributed by atoms with Crippen molar-refractivity contribution in [3.05, 3.63) is 44.7 Å². The van der Waals surface area contributed by atoms with Crippen LogP contribution in [0, 0.1) is 10.1 Å². The lowest BCUT2D eigenvalue weighted by Crippen LogP contribution is -2.15. The molecule has 0 radical (unpaired) electrons. The molecule has 20 heavy (non-hydrogen) atoms. The first-order chi connectivity index (χ1) is 9.63. The molecule has 8 heteroatoms. The molecule has 0 atom stereocenters. The first-order valence-corrected chi connectivity index (χ1v) is 7.02. The van der Waals surface area contributed by atoms with Crippen LogP contribution in [0.1, 0.15) is 18.5 Å². The van der Waals surface area contributed by atoms with Gasteiger partial charge in [0.1, 0.15) is 0 Å². The predicted molar refractivity (Wildman–Crippen MR) is 75.6 cm³/mol. The molecule has 0 bridgehead atoms. The standard InChI is InChI=1S/C12H12BrN5O2/c13-11-5-10(18(19)20)3-4-12(11)17-7-9(15-16-17)6-14-8-1-2-8/h3-5,7-8,14H,1-2,6H2. The maximum atomic E-state index is 10.7. The van der Waals surface area contributed by atoms with Crippen LogP contribution in [-0.2, 0) is 6.54 Å². The zero-order chi connectivity index (χ0) is 14.1. The van der Waals surface area contributed by atoms with Crippen LogP contribution in [0.5, 0.6) is 0 Å². The van der Waals surface area contributed by atoms with E-state index in [1.807, 2.05) is 6.20 Å². The van der Waals surface area contributed by atoms with E-state index < -0.39 is 4.92 Å². The SMILES string of the molecule is O=[N+]([O-])c1ccc(-n2cc(CNC3CC3)nn2)c(Br)c1. The van der Waals surface area contributed by atoms with Crippen LogP contribution in [0.15, 0.2) is 28.9 Å². The van der Waals surface area contributed by atoms with Gasteiger partial charge in [0.05, 0.1) is 27.0 Å². The van der Waals surface area contributed by atoms with Gasteiger partial charge in [0.25, 0.3) is 5.69 Å². The van der Waals surface area contributed by atoms with Crippen LogP contribution in [-0.4, -0.2) is 26.0 Å². The largest absolute Gasteiger partial charge is 0.308 e. The maximum absolute atomic E-state index is 10.7. The minimum atomic E-state index is -0.430. The van der Waals surface area contributed by atoms with Crippen molar-refractivity contribution < 1.29 is 4.92 Å². The van der Waals surface area contributed by atoms with Gasteiger partial charge in [0.15, 0.2) is 0 Å². The highest BCUT2D eigenvalue weighted by Gasteiger charge is 2.20. The van der Waals surface area contributed by atoms with E-state index in [0.29, 0.717) is 17.1 Å². The molecule has 1 saturated carbocycles. The van der Waals surface area contributed by atoms with Crippen LogP contribution < -0.4 is 5.32 Å². The van der Waals surface area contributed by atoms with Crippen molar-refractivity contribution in [3.8, 4) is 5.69 Å². The van der Waals surface area contributed by atoms with E-state index in [4.69, 9.17) is 0 Å². The van der Waals surface area contributed by atoms with E-state index in [1.54, 1.807) is 10.7 Å². The van der Waals surface area contributed by atoms with E-state index in [1.165, 1.54) is 25.0 Å². The molecule has 104 valence electrons. The third-order valence-electron chi connectivity index (χ3n) is 3.08. The zero-order valence-electron chi connectivity index (χ0n) is 10.5. The molecule has 7 nitrogen and oxygen atoms in total. The second-order valence-electron chi connectivity index (χ2n) is 4.70. The third kappa shape index (κ3) is 2.86. The summed E-state index contributed by atoms with van der Waals surface area (Å²) in [5.74, 6) is 0. The molecule has 0 amide bonds. The van der Waals surface area contributed by atoms with Gasteiger partial charge in [-0.05, 0) is 34.8 Å². The summed E-state index contributed by atoms with van der Waals surface area (Å²) in [5.41, 5.74) is 1.61. The number of nitrogens with one attached hydrogen (secondary N) is 1. The Bertz CT molecular complexity index is 653. The molecule has 0 aliphatic heterocycles. The highest BCUT2D eigenvalue weighted by molar-refractivity contribution is 9.10. The minimum absolute atomic E-state index is 0.0383. The number of benzene rings is 1. The fourth-order valence-corrected chi connectivity index (χ4v) is 2.38. The Labute approximate surface area is 123 Å². The molecule has 1 N–H and O–H groups in total. The monoisotopic (exact) mass is 337 g/mol. The van der Waals surface area contributed by atoms with E-state index in [-0.39, 0.29) is 5.69 Å². The predicted octanol–water partition coefficient (Wildman–Crippen LogP) is 2.19. The van der Waals surface area contributed by atoms with Gasteiger partial charge in [0, 0.05) is 24.7 Å². The number of nitro benzene ring substituents is 1. The topological polar surface area (TPSA) is 85.9 Å². The number of nitro groups is 1. The summed E-state index contributed by atoms with van der Waals surface area (Å²) in [6.45, 7) is 0.690. The van der Waals surface area contributed by atoms with Gasteiger partial charge in [-0.25, -0.2) is 4.68 Å². The Balaban J connectivity index is 1.79. The molecular weight excluding hydrogens is 326 g/mol. The van der Waals surface area contributed by atoms with Gasteiger partial charge in [0.2, 0.25) is 0 Å². The number of rotatable bonds is 5. The number of aromatic nitrogens is 3. The quantitative estimate of drug-likeness (QED) is 0.667.